The Morgan fingerprint density at radius 2 is 2.44 bits per heavy atom. The normalized spacial score (nSPS) is 18.1. The Balaban J connectivity index is 2.20. The van der Waals surface area contributed by atoms with Gasteiger partial charge in [-0.05, 0) is 48.8 Å². The van der Waals surface area contributed by atoms with Gasteiger partial charge in [-0.3, -0.25) is 0 Å². The van der Waals surface area contributed by atoms with Crippen LogP contribution in [-0.4, -0.2) is 16.1 Å². The summed E-state index contributed by atoms with van der Waals surface area (Å²) < 4.78 is 0. The van der Waals surface area contributed by atoms with Crippen molar-refractivity contribution in [3.05, 3.63) is 41.7 Å². The highest BCUT2D eigenvalue weighted by atomic mass is 16.4. The largest absolute Gasteiger partial charge is 0.477 e. The highest BCUT2D eigenvalue weighted by molar-refractivity contribution is 5.87. The van der Waals surface area contributed by atoms with Gasteiger partial charge in [0.25, 0.3) is 0 Å². The zero-order chi connectivity index (χ0) is 11.5. The molecule has 0 saturated carbocycles. The molecule has 3 nitrogen and oxygen atoms in total. The minimum Gasteiger partial charge on any atom is -0.477 e. The van der Waals surface area contributed by atoms with Crippen LogP contribution in [0.2, 0.25) is 0 Å². The molecule has 1 aromatic rings. The topological polar surface area (TPSA) is 50.2 Å². The molecule has 3 heteroatoms. The second-order valence-corrected chi connectivity index (χ2v) is 4.24. The first-order valence-electron chi connectivity index (χ1n) is 5.53. The lowest BCUT2D eigenvalue weighted by molar-refractivity contribution is 0.0689. The fourth-order valence-electron chi connectivity index (χ4n) is 2.37. The van der Waals surface area contributed by atoms with E-state index < -0.39 is 5.97 Å². The van der Waals surface area contributed by atoms with Gasteiger partial charge in [0.2, 0.25) is 0 Å². The van der Waals surface area contributed by atoms with Crippen LogP contribution in [0.1, 0.15) is 34.5 Å². The van der Waals surface area contributed by atoms with Crippen LogP contribution < -0.4 is 0 Å². The van der Waals surface area contributed by atoms with Crippen molar-refractivity contribution in [2.45, 2.75) is 25.7 Å². The van der Waals surface area contributed by atoms with E-state index in [-0.39, 0.29) is 5.69 Å². The van der Waals surface area contributed by atoms with Gasteiger partial charge in [-0.1, -0.05) is 6.08 Å². The Kier molecular flexibility index (Phi) is 3.04. The lowest BCUT2D eigenvalue weighted by Gasteiger charge is -2.05. The molecule has 0 bridgehead atoms. The number of hydrogen-bond acceptors (Lipinski definition) is 2. The minimum absolute atomic E-state index is 0.235. The van der Waals surface area contributed by atoms with Gasteiger partial charge >= 0.3 is 5.97 Å². The summed E-state index contributed by atoms with van der Waals surface area (Å²) in [6, 6.07) is 1.94. The van der Waals surface area contributed by atoms with Crippen LogP contribution in [0.5, 0.6) is 0 Å². The van der Waals surface area contributed by atoms with Crippen molar-refractivity contribution in [2.24, 2.45) is 5.92 Å². The van der Waals surface area contributed by atoms with E-state index in [1.165, 1.54) is 0 Å². The molecule has 84 valence electrons. The SMILES string of the molecule is C=CCC[C@H]1Cc2ccnc(C(=O)O)c2C1. The summed E-state index contributed by atoms with van der Waals surface area (Å²) in [6.07, 6.45) is 7.41. The predicted molar refractivity (Wildman–Crippen MR) is 61.5 cm³/mol. The van der Waals surface area contributed by atoms with E-state index in [1.807, 2.05) is 12.1 Å². The van der Waals surface area contributed by atoms with Crippen LogP contribution in [0.15, 0.2) is 24.9 Å². The number of carboxylic acids is 1. The molecule has 1 aliphatic carbocycles. The van der Waals surface area contributed by atoms with Crippen LogP contribution in [0, 0.1) is 5.92 Å². The van der Waals surface area contributed by atoms with Gasteiger partial charge in [0.1, 0.15) is 0 Å². The Bertz CT molecular complexity index is 426. The maximum Gasteiger partial charge on any atom is 0.354 e. The molecule has 0 fully saturated rings. The first-order chi connectivity index (χ1) is 7.72. The molecule has 2 rings (SSSR count). The van der Waals surface area contributed by atoms with Crippen LogP contribution >= 0.6 is 0 Å². The molecule has 0 spiro atoms. The zero-order valence-corrected chi connectivity index (χ0v) is 9.15. The number of nitrogens with zero attached hydrogens (tertiary/aromatic N) is 1. The van der Waals surface area contributed by atoms with E-state index in [4.69, 9.17) is 5.11 Å². The summed E-state index contributed by atoms with van der Waals surface area (Å²) in [4.78, 5) is 14.9. The van der Waals surface area contributed by atoms with Crippen LogP contribution in [-0.2, 0) is 12.8 Å². The summed E-state index contributed by atoms with van der Waals surface area (Å²) in [5.74, 6) is -0.364. The molecule has 0 saturated heterocycles. The van der Waals surface area contributed by atoms with Crippen molar-refractivity contribution in [3.63, 3.8) is 0 Å². The number of aromatic carboxylic acids is 1. The monoisotopic (exact) mass is 217 g/mol. The van der Waals surface area contributed by atoms with Crippen molar-refractivity contribution in [3.8, 4) is 0 Å². The highest BCUT2D eigenvalue weighted by Gasteiger charge is 2.26. The average molecular weight is 217 g/mol. The maximum atomic E-state index is 11.0. The molecule has 0 radical (unpaired) electrons. The molecular formula is C13H15NO2. The number of pyridine rings is 1. The second-order valence-electron chi connectivity index (χ2n) is 4.24. The zero-order valence-electron chi connectivity index (χ0n) is 9.15. The second kappa shape index (κ2) is 4.47. The van der Waals surface area contributed by atoms with Crippen LogP contribution in [0.4, 0.5) is 0 Å². The fourth-order valence-corrected chi connectivity index (χ4v) is 2.37. The molecule has 1 aliphatic rings. The Morgan fingerprint density at radius 1 is 1.62 bits per heavy atom. The minimum atomic E-state index is -0.916. The van der Waals surface area contributed by atoms with Crippen molar-refractivity contribution < 1.29 is 9.90 Å². The highest BCUT2D eigenvalue weighted by Crippen LogP contribution is 2.31. The van der Waals surface area contributed by atoms with Gasteiger partial charge in [-0.15, -0.1) is 6.58 Å². The number of aromatic nitrogens is 1. The summed E-state index contributed by atoms with van der Waals surface area (Å²) in [7, 11) is 0. The van der Waals surface area contributed by atoms with Crippen molar-refractivity contribution in [1.29, 1.82) is 0 Å². The van der Waals surface area contributed by atoms with E-state index in [1.54, 1.807) is 6.20 Å². The molecule has 0 aliphatic heterocycles. The van der Waals surface area contributed by atoms with Crippen LogP contribution in [0.25, 0.3) is 0 Å². The number of allylic oxidation sites excluding steroid dienone is 1. The van der Waals surface area contributed by atoms with Gasteiger partial charge in [-0.25, -0.2) is 9.78 Å². The average Bonchev–Trinajstić information content (AvgIpc) is 2.68. The third-order valence-corrected chi connectivity index (χ3v) is 3.14. The Hall–Kier alpha value is -1.64. The first kappa shape index (κ1) is 10.9. The summed E-state index contributed by atoms with van der Waals surface area (Å²) in [5.41, 5.74) is 2.32. The number of carboxylic acid groups (broad SMARTS) is 1. The van der Waals surface area contributed by atoms with Crippen molar-refractivity contribution in [1.82, 2.24) is 4.98 Å². The third kappa shape index (κ3) is 1.98. The van der Waals surface area contributed by atoms with Crippen molar-refractivity contribution in [2.75, 3.05) is 0 Å². The smallest absolute Gasteiger partial charge is 0.354 e. The molecule has 1 N–H and O–H groups in total. The number of hydrogen-bond donors (Lipinski definition) is 1. The molecule has 16 heavy (non-hydrogen) atoms. The van der Waals surface area contributed by atoms with Gasteiger partial charge in [0.05, 0.1) is 0 Å². The molecular weight excluding hydrogens is 202 g/mol. The predicted octanol–water partition coefficient (Wildman–Crippen LogP) is 2.46. The summed E-state index contributed by atoms with van der Waals surface area (Å²) in [6.45, 7) is 3.71. The van der Waals surface area contributed by atoms with Gasteiger partial charge in [0.15, 0.2) is 5.69 Å². The Labute approximate surface area is 94.8 Å². The Morgan fingerprint density at radius 3 is 3.12 bits per heavy atom. The van der Waals surface area contributed by atoms with Crippen LogP contribution in [0.3, 0.4) is 0 Å². The standard InChI is InChI=1S/C13H15NO2/c1-2-3-4-9-7-10-5-6-14-12(13(15)16)11(10)8-9/h2,5-6,9H,1,3-4,7-8H2,(H,15,16)/t9-/m0/s1. The van der Waals surface area contributed by atoms with Gasteiger partial charge < -0.3 is 5.11 Å². The molecule has 1 atom stereocenters. The van der Waals surface area contributed by atoms with Gasteiger partial charge in [-0.2, -0.15) is 0 Å². The lowest BCUT2D eigenvalue weighted by atomic mass is 10.00. The maximum absolute atomic E-state index is 11.0. The first-order valence-corrected chi connectivity index (χ1v) is 5.53. The van der Waals surface area contributed by atoms with E-state index >= 15 is 0 Å². The van der Waals surface area contributed by atoms with E-state index in [2.05, 4.69) is 11.6 Å². The van der Waals surface area contributed by atoms with Gasteiger partial charge in [0, 0.05) is 6.20 Å². The summed E-state index contributed by atoms with van der Waals surface area (Å²) >= 11 is 0. The summed E-state index contributed by atoms with van der Waals surface area (Å²) in [5, 5.41) is 9.03. The molecule has 0 aromatic carbocycles. The lowest BCUT2D eigenvalue weighted by Crippen LogP contribution is -2.05. The van der Waals surface area contributed by atoms with E-state index in [9.17, 15) is 4.79 Å². The number of carbonyl (C=O) groups is 1. The van der Waals surface area contributed by atoms with E-state index in [0.717, 1.165) is 36.8 Å². The fraction of sp³-hybridized carbons (Fsp3) is 0.385. The molecule has 0 amide bonds. The van der Waals surface area contributed by atoms with E-state index in [0.29, 0.717) is 5.92 Å². The third-order valence-electron chi connectivity index (χ3n) is 3.14. The molecule has 1 aromatic heterocycles. The quantitative estimate of drug-likeness (QED) is 0.788. The molecule has 0 unspecified atom stereocenters. The number of fused-ring (bicyclic) bond motifs is 1. The number of rotatable bonds is 4. The van der Waals surface area contributed by atoms with Crippen molar-refractivity contribution >= 4 is 5.97 Å². The molecule has 1 heterocycles.